The summed E-state index contributed by atoms with van der Waals surface area (Å²) in [6.45, 7) is 4.69. The molecular formula is C20H23NO5S. The maximum absolute atomic E-state index is 12.5. The molecule has 0 bridgehead atoms. The Labute approximate surface area is 159 Å². The number of hydrogen-bond acceptors (Lipinski definition) is 5. The first-order valence-electron chi connectivity index (χ1n) is 8.81. The van der Waals surface area contributed by atoms with Crippen LogP contribution in [0.4, 0.5) is 0 Å². The monoisotopic (exact) mass is 389 g/mol. The third-order valence-electron chi connectivity index (χ3n) is 4.34. The van der Waals surface area contributed by atoms with Crippen molar-refractivity contribution in [1.82, 2.24) is 5.32 Å². The average Bonchev–Trinajstić information content (AvgIpc) is 2.98. The van der Waals surface area contributed by atoms with Crippen LogP contribution in [0.1, 0.15) is 35.3 Å². The predicted octanol–water partition coefficient (Wildman–Crippen LogP) is 2.74. The lowest BCUT2D eigenvalue weighted by Crippen LogP contribution is -2.23. The lowest BCUT2D eigenvalue weighted by atomic mass is 10.1. The molecule has 0 spiro atoms. The van der Waals surface area contributed by atoms with E-state index in [1.165, 1.54) is 12.1 Å². The Hall–Kier alpha value is -2.54. The van der Waals surface area contributed by atoms with Crippen LogP contribution >= 0.6 is 0 Å². The van der Waals surface area contributed by atoms with Crippen LogP contribution in [0, 0.1) is 0 Å². The van der Waals surface area contributed by atoms with Gasteiger partial charge in [0.2, 0.25) is 0 Å². The highest BCUT2D eigenvalue weighted by molar-refractivity contribution is 7.90. The first-order chi connectivity index (χ1) is 12.8. The lowest BCUT2D eigenvalue weighted by molar-refractivity contribution is 0.0950. The molecule has 27 heavy (non-hydrogen) atoms. The molecule has 0 saturated heterocycles. The van der Waals surface area contributed by atoms with Crippen LogP contribution < -0.4 is 14.8 Å². The van der Waals surface area contributed by atoms with Gasteiger partial charge in [-0.3, -0.25) is 4.79 Å². The van der Waals surface area contributed by atoms with E-state index >= 15 is 0 Å². The Morgan fingerprint density at radius 2 is 2.07 bits per heavy atom. The number of fused-ring (bicyclic) bond motifs is 1. The molecule has 0 unspecified atom stereocenters. The van der Waals surface area contributed by atoms with Crippen LogP contribution in [0.2, 0.25) is 0 Å². The summed E-state index contributed by atoms with van der Waals surface area (Å²) >= 11 is 0. The van der Waals surface area contributed by atoms with Crippen molar-refractivity contribution in [3.05, 3.63) is 53.1 Å². The van der Waals surface area contributed by atoms with Crippen LogP contribution in [0.3, 0.4) is 0 Å². The zero-order chi connectivity index (χ0) is 19.6. The second kappa shape index (κ2) is 7.60. The Balaban J connectivity index is 1.78. The number of carbonyl (C=O) groups excluding carboxylic acids is 1. The highest BCUT2D eigenvalue weighted by atomic mass is 32.2. The quantitative estimate of drug-likeness (QED) is 0.822. The summed E-state index contributed by atoms with van der Waals surface area (Å²) in [7, 11) is -3.37. The van der Waals surface area contributed by atoms with Crippen molar-refractivity contribution in [2.75, 3.05) is 12.9 Å². The maximum Gasteiger partial charge on any atom is 0.251 e. The fourth-order valence-electron chi connectivity index (χ4n) is 3.06. The van der Waals surface area contributed by atoms with Crippen molar-refractivity contribution in [2.24, 2.45) is 0 Å². The average molecular weight is 389 g/mol. The van der Waals surface area contributed by atoms with Gasteiger partial charge < -0.3 is 14.8 Å². The van der Waals surface area contributed by atoms with Crippen LogP contribution in [0.15, 0.2) is 41.3 Å². The fourth-order valence-corrected chi connectivity index (χ4v) is 3.72. The zero-order valence-corrected chi connectivity index (χ0v) is 16.4. The molecule has 1 amide bonds. The van der Waals surface area contributed by atoms with Crippen molar-refractivity contribution >= 4 is 15.7 Å². The van der Waals surface area contributed by atoms with E-state index in [2.05, 4.69) is 5.32 Å². The summed E-state index contributed by atoms with van der Waals surface area (Å²) < 4.78 is 34.9. The fraction of sp³-hybridized carbons (Fsp3) is 0.350. The summed E-state index contributed by atoms with van der Waals surface area (Å²) in [5.41, 5.74) is 2.21. The van der Waals surface area contributed by atoms with Crippen LogP contribution in [0.5, 0.6) is 11.5 Å². The molecule has 144 valence electrons. The van der Waals surface area contributed by atoms with Crippen LogP contribution in [-0.4, -0.2) is 33.3 Å². The minimum absolute atomic E-state index is 0.116. The number of carbonyl (C=O) groups is 1. The van der Waals surface area contributed by atoms with E-state index in [0.29, 0.717) is 12.2 Å². The SMILES string of the molecule is CCOc1cc2c(cc1CNC(=O)c1cccc(S(C)(=O)=O)c1)O[C@@H](C)C2. The van der Waals surface area contributed by atoms with Gasteiger partial charge in [0.25, 0.3) is 5.91 Å². The Kier molecular flexibility index (Phi) is 5.41. The van der Waals surface area contributed by atoms with E-state index in [4.69, 9.17) is 9.47 Å². The van der Waals surface area contributed by atoms with Crippen molar-refractivity contribution in [3.63, 3.8) is 0 Å². The number of amides is 1. The standard InChI is InChI=1S/C20H23NO5S/c1-4-25-18-10-15-8-13(2)26-19(15)11-16(18)12-21-20(22)14-6-5-7-17(9-14)27(3,23)24/h5-7,9-11,13H,4,8,12H2,1-3H3,(H,21,22)/t13-/m0/s1. The van der Waals surface area contributed by atoms with Crippen molar-refractivity contribution in [1.29, 1.82) is 0 Å². The van der Waals surface area contributed by atoms with E-state index in [1.807, 2.05) is 26.0 Å². The maximum atomic E-state index is 12.5. The number of sulfone groups is 1. The molecule has 0 aliphatic carbocycles. The topological polar surface area (TPSA) is 81.7 Å². The zero-order valence-electron chi connectivity index (χ0n) is 15.6. The summed E-state index contributed by atoms with van der Waals surface area (Å²) in [5.74, 6) is 1.19. The molecule has 1 aliphatic rings. The second-order valence-corrected chi connectivity index (χ2v) is 8.63. The van der Waals surface area contributed by atoms with Crippen molar-refractivity contribution in [3.8, 4) is 11.5 Å². The molecule has 6 nitrogen and oxygen atoms in total. The number of hydrogen-bond donors (Lipinski definition) is 1. The molecule has 2 aromatic carbocycles. The normalized spacial score (nSPS) is 15.7. The molecule has 3 rings (SSSR count). The first kappa shape index (κ1) is 19.2. The van der Waals surface area contributed by atoms with Crippen molar-refractivity contribution < 1.29 is 22.7 Å². The van der Waals surface area contributed by atoms with Gasteiger partial charge in [0, 0.05) is 35.9 Å². The summed E-state index contributed by atoms with van der Waals surface area (Å²) in [5, 5.41) is 2.83. The smallest absolute Gasteiger partial charge is 0.251 e. The highest BCUT2D eigenvalue weighted by Gasteiger charge is 2.22. The lowest BCUT2D eigenvalue weighted by Gasteiger charge is -2.13. The van der Waals surface area contributed by atoms with E-state index in [0.717, 1.165) is 35.3 Å². The van der Waals surface area contributed by atoms with Gasteiger partial charge >= 0.3 is 0 Å². The molecule has 1 N–H and O–H groups in total. The predicted molar refractivity (Wildman–Crippen MR) is 102 cm³/mol. The number of rotatable bonds is 6. The Bertz CT molecular complexity index is 968. The summed E-state index contributed by atoms with van der Waals surface area (Å²) in [6.07, 6.45) is 2.07. The van der Waals surface area contributed by atoms with Crippen LogP contribution in [-0.2, 0) is 22.8 Å². The Morgan fingerprint density at radius 3 is 2.78 bits per heavy atom. The van der Waals surface area contributed by atoms with Gasteiger partial charge in [-0.25, -0.2) is 8.42 Å². The molecule has 1 heterocycles. The van der Waals surface area contributed by atoms with E-state index < -0.39 is 9.84 Å². The number of nitrogens with one attached hydrogen (secondary N) is 1. The molecule has 7 heteroatoms. The molecule has 0 aromatic heterocycles. The van der Waals surface area contributed by atoms with Gasteiger partial charge in [-0.05, 0) is 44.2 Å². The van der Waals surface area contributed by atoms with E-state index in [1.54, 1.807) is 12.1 Å². The molecule has 0 fully saturated rings. The molecule has 0 radical (unpaired) electrons. The molecule has 2 aromatic rings. The molecule has 1 atom stereocenters. The minimum Gasteiger partial charge on any atom is -0.494 e. The van der Waals surface area contributed by atoms with Crippen LogP contribution in [0.25, 0.3) is 0 Å². The molecule has 0 saturated carbocycles. The van der Waals surface area contributed by atoms with Crippen molar-refractivity contribution in [2.45, 2.75) is 37.8 Å². The van der Waals surface area contributed by atoms with Gasteiger partial charge in [-0.15, -0.1) is 0 Å². The number of benzene rings is 2. The minimum atomic E-state index is -3.37. The summed E-state index contributed by atoms with van der Waals surface area (Å²) in [4.78, 5) is 12.6. The van der Waals surface area contributed by atoms with E-state index in [-0.39, 0.29) is 23.5 Å². The van der Waals surface area contributed by atoms with Gasteiger partial charge in [0.1, 0.15) is 17.6 Å². The van der Waals surface area contributed by atoms with Gasteiger partial charge in [-0.2, -0.15) is 0 Å². The second-order valence-electron chi connectivity index (χ2n) is 6.62. The molecular weight excluding hydrogens is 366 g/mol. The van der Waals surface area contributed by atoms with Gasteiger partial charge in [0.05, 0.1) is 11.5 Å². The highest BCUT2D eigenvalue weighted by Crippen LogP contribution is 2.35. The summed E-state index contributed by atoms with van der Waals surface area (Å²) in [6, 6.07) is 9.85. The van der Waals surface area contributed by atoms with E-state index in [9.17, 15) is 13.2 Å². The third kappa shape index (κ3) is 4.42. The first-order valence-corrected chi connectivity index (χ1v) is 10.7. The largest absolute Gasteiger partial charge is 0.494 e. The molecule has 1 aliphatic heterocycles. The van der Waals surface area contributed by atoms with Gasteiger partial charge in [-0.1, -0.05) is 6.07 Å². The Morgan fingerprint density at radius 1 is 1.30 bits per heavy atom. The van der Waals surface area contributed by atoms with Gasteiger partial charge in [0.15, 0.2) is 9.84 Å². The number of ether oxygens (including phenoxy) is 2. The third-order valence-corrected chi connectivity index (χ3v) is 5.45.